The van der Waals surface area contributed by atoms with Crippen LogP contribution in [-0.2, 0) is 16.0 Å². The number of morpholine rings is 1. The van der Waals surface area contributed by atoms with Crippen LogP contribution in [0.1, 0.15) is 21.6 Å². The Morgan fingerprint density at radius 1 is 1.22 bits per heavy atom. The molecule has 1 aliphatic heterocycles. The first-order valence-corrected chi connectivity index (χ1v) is 10.7. The van der Waals surface area contributed by atoms with Crippen LogP contribution in [0.3, 0.4) is 0 Å². The fourth-order valence-electron chi connectivity index (χ4n) is 3.60. The summed E-state index contributed by atoms with van der Waals surface area (Å²) in [6, 6.07) is 9.44. The van der Waals surface area contributed by atoms with E-state index in [1.165, 1.54) is 6.20 Å². The Balaban J connectivity index is 1.61. The number of hydrogen-bond acceptors (Lipinski definition) is 5. The van der Waals surface area contributed by atoms with Gasteiger partial charge in [0.2, 0.25) is 5.91 Å². The van der Waals surface area contributed by atoms with Crippen molar-refractivity contribution in [3.8, 4) is 6.07 Å². The highest BCUT2D eigenvalue weighted by Crippen LogP contribution is 2.20. The first-order valence-electron chi connectivity index (χ1n) is 9.95. The van der Waals surface area contributed by atoms with Crippen LogP contribution in [0.25, 0.3) is 11.0 Å². The smallest absolute Gasteiger partial charge is 0.268 e. The van der Waals surface area contributed by atoms with Crippen molar-refractivity contribution < 1.29 is 14.3 Å². The maximum atomic E-state index is 13.3. The summed E-state index contributed by atoms with van der Waals surface area (Å²) in [4.78, 5) is 35.0. The summed E-state index contributed by atoms with van der Waals surface area (Å²) in [6.45, 7) is 1.74. The summed E-state index contributed by atoms with van der Waals surface area (Å²) in [6.07, 6.45) is 1.63. The van der Waals surface area contributed by atoms with E-state index in [2.05, 4.69) is 21.4 Å². The number of H-pyrrole nitrogens is 1. The zero-order chi connectivity index (χ0) is 22.7. The molecule has 3 aromatic rings. The van der Waals surface area contributed by atoms with Gasteiger partial charge in [-0.2, -0.15) is 5.26 Å². The number of amides is 2. The van der Waals surface area contributed by atoms with E-state index in [1.807, 2.05) is 0 Å². The Bertz CT molecular complexity index is 1210. The number of benzene rings is 1. The summed E-state index contributed by atoms with van der Waals surface area (Å²) in [5.41, 5.74) is 1.75. The van der Waals surface area contributed by atoms with Crippen molar-refractivity contribution in [3.05, 3.63) is 63.4 Å². The standard InChI is InChI=1S/C22H19Cl2N5O3/c23-16-2-1-13(15(8-16)11-25)9-19(22(31)29-3-5-32-6-4-29)28-21(30)18-10-14-7-17(24)12-26-20(14)27-18/h1-2,7-8,10,12,19H,3-6,9H2,(H,26,27)(H,28,30). The fourth-order valence-corrected chi connectivity index (χ4v) is 3.94. The van der Waals surface area contributed by atoms with Gasteiger partial charge in [-0.25, -0.2) is 4.98 Å². The average molecular weight is 472 g/mol. The maximum Gasteiger partial charge on any atom is 0.268 e. The van der Waals surface area contributed by atoms with Gasteiger partial charge in [-0.3, -0.25) is 9.59 Å². The van der Waals surface area contributed by atoms with Gasteiger partial charge in [0.15, 0.2) is 0 Å². The Morgan fingerprint density at radius 2 is 2.00 bits per heavy atom. The van der Waals surface area contributed by atoms with Crippen LogP contribution in [-0.4, -0.2) is 59.0 Å². The van der Waals surface area contributed by atoms with Crippen molar-refractivity contribution in [2.45, 2.75) is 12.5 Å². The van der Waals surface area contributed by atoms with Crippen LogP contribution in [0, 0.1) is 11.3 Å². The number of carbonyl (C=O) groups excluding carboxylic acids is 2. The van der Waals surface area contributed by atoms with Gasteiger partial charge in [-0.1, -0.05) is 29.3 Å². The van der Waals surface area contributed by atoms with Crippen LogP contribution < -0.4 is 5.32 Å². The zero-order valence-electron chi connectivity index (χ0n) is 16.9. The number of halogens is 2. The quantitative estimate of drug-likeness (QED) is 0.593. The highest BCUT2D eigenvalue weighted by Gasteiger charge is 2.29. The molecule has 2 N–H and O–H groups in total. The van der Waals surface area contributed by atoms with Crippen molar-refractivity contribution in [2.75, 3.05) is 26.3 Å². The lowest BCUT2D eigenvalue weighted by Gasteiger charge is -2.31. The number of aromatic nitrogens is 2. The molecule has 0 aliphatic carbocycles. The number of rotatable bonds is 5. The second-order valence-corrected chi connectivity index (χ2v) is 8.23. The number of nitriles is 1. The highest BCUT2D eigenvalue weighted by molar-refractivity contribution is 6.31. The zero-order valence-corrected chi connectivity index (χ0v) is 18.4. The van der Waals surface area contributed by atoms with Crippen LogP contribution in [0.2, 0.25) is 10.0 Å². The molecule has 2 amide bonds. The molecule has 0 saturated carbocycles. The van der Waals surface area contributed by atoms with Gasteiger partial charge in [0.25, 0.3) is 5.91 Å². The molecule has 0 spiro atoms. The molecule has 0 radical (unpaired) electrons. The predicted octanol–water partition coefficient (Wildman–Crippen LogP) is 2.94. The molecule has 10 heteroatoms. The van der Waals surface area contributed by atoms with Gasteiger partial charge >= 0.3 is 0 Å². The molecule has 1 fully saturated rings. The third kappa shape index (κ3) is 4.86. The number of nitrogens with one attached hydrogen (secondary N) is 2. The van der Waals surface area contributed by atoms with E-state index in [9.17, 15) is 14.9 Å². The molecule has 1 aliphatic rings. The van der Waals surface area contributed by atoms with E-state index in [4.69, 9.17) is 27.9 Å². The summed E-state index contributed by atoms with van der Waals surface area (Å²) in [7, 11) is 0. The minimum atomic E-state index is -0.878. The van der Waals surface area contributed by atoms with Crippen molar-refractivity contribution >= 4 is 46.0 Å². The molecule has 1 saturated heterocycles. The van der Waals surface area contributed by atoms with Crippen LogP contribution >= 0.6 is 23.2 Å². The second kappa shape index (κ2) is 9.57. The van der Waals surface area contributed by atoms with Crippen molar-refractivity contribution in [1.82, 2.24) is 20.2 Å². The van der Waals surface area contributed by atoms with E-state index in [1.54, 1.807) is 35.2 Å². The largest absolute Gasteiger partial charge is 0.378 e. The fraction of sp³-hybridized carbons (Fsp3) is 0.273. The van der Waals surface area contributed by atoms with Gasteiger partial charge in [0.05, 0.1) is 29.9 Å². The van der Waals surface area contributed by atoms with Crippen molar-refractivity contribution in [2.24, 2.45) is 0 Å². The van der Waals surface area contributed by atoms with Crippen LogP contribution in [0.5, 0.6) is 0 Å². The highest BCUT2D eigenvalue weighted by atomic mass is 35.5. The SMILES string of the molecule is N#Cc1cc(Cl)ccc1CC(NC(=O)c1cc2cc(Cl)cnc2[nH]1)C(=O)N1CCOCC1. The molecule has 32 heavy (non-hydrogen) atoms. The predicted molar refractivity (Wildman–Crippen MR) is 120 cm³/mol. The van der Waals surface area contributed by atoms with Crippen LogP contribution in [0.4, 0.5) is 0 Å². The molecule has 3 heterocycles. The lowest BCUT2D eigenvalue weighted by molar-refractivity contribution is -0.137. The molecule has 2 aromatic heterocycles. The lowest BCUT2D eigenvalue weighted by atomic mass is 9.99. The van der Waals surface area contributed by atoms with E-state index >= 15 is 0 Å². The van der Waals surface area contributed by atoms with Gasteiger partial charge in [-0.15, -0.1) is 0 Å². The number of ether oxygens (including phenoxy) is 1. The average Bonchev–Trinajstić information content (AvgIpc) is 3.23. The van der Waals surface area contributed by atoms with Gasteiger partial charge in [0, 0.05) is 36.1 Å². The molecular formula is C22H19Cl2N5O3. The molecule has 8 nitrogen and oxygen atoms in total. The first-order chi connectivity index (χ1) is 15.4. The summed E-state index contributed by atoms with van der Waals surface area (Å²) in [5, 5.41) is 13.9. The number of carbonyl (C=O) groups is 2. The number of hydrogen-bond donors (Lipinski definition) is 2. The monoisotopic (exact) mass is 471 g/mol. The van der Waals surface area contributed by atoms with Gasteiger partial charge in [-0.05, 0) is 29.8 Å². The van der Waals surface area contributed by atoms with Gasteiger partial charge < -0.3 is 19.9 Å². The van der Waals surface area contributed by atoms with E-state index in [0.717, 1.165) is 0 Å². The summed E-state index contributed by atoms with van der Waals surface area (Å²) in [5.74, 6) is -0.698. The summed E-state index contributed by atoms with van der Waals surface area (Å²) >= 11 is 12.0. The Morgan fingerprint density at radius 3 is 2.75 bits per heavy atom. The van der Waals surface area contributed by atoms with Crippen LogP contribution in [0.15, 0.2) is 36.5 Å². The van der Waals surface area contributed by atoms with Gasteiger partial charge in [0.1, 0.15) is 17.4 Å². The minimum absolute atomic E-state index is 0.145. The van der Waals surface area contributed by atoms with E-state index in [-0.39, 0.29) is 18.0 Å². The molecule has 1 aromatic carbocycles. The van der Waals surface area contributed by atoms with Crippen molar-refractivity contribution in [3.63, 3.8) is 0 Å². The number of aromatic amines is 1. The van der Waals surface area contributed by atoms with Crippen molar-refractivity contribution in [1.29, 1.82) is 5.26 Å². The lowest BCUT2D eigenvalue weighted by Crippen LogP contribution is -2.52. The third-order valence-electron chi connectivity index (χ3n) is 5.22. The Kier molecular flexibility index (Phi) is 6.61. The normalized spacial score (nSPS) is 14.7. The molecule has 4 rings (SSSR count). The number of nitrogens with zero attached hydrogens (tertiary/aromatic N) is 3. The molecule has 1 atom stereocenters. The summed E-state index contributed by atoms with van der Waals surface area (Å²) < 4.78 is 5.33. The van der Waals surface area contributed by atoms with E-state index < -0.39 is 11.9 Å². The molecule has 0 bridgehead atoms. The first kappa shape index (κ1) is 22.1. The topological polar surface area (TPSA) is 111 Å². The Labute approximate surface area is 194 Å². The second-order valence-electron chi connectivity index (χ2n) is 7.36. The maximum absolute atomic E-state index is 13.3. The number of pyridine rings is 1. The minimum Gasteiger partial charge on any atom is -0.378 e. The molecular weight excluding hydrogens is 453 g/mol. The van der Waals surface area contributed by atoms with E-state index in [0.29, 0.717) is 58.5 Å². The number of fused-ring (bicyclic) bond motifs is 1. The molecule has 1 unspecified atom stereocenters. The third-order valence-corrected chi connectivity index (χ3v) is 5.67. The Hall–Kier alpha value is -3.12. The molecule has 164 valence electrons.